The van der Waals surface area contributed by atoms with Crippen molar-refractivity contribution in [2.45, 2.75) is 51.4 Å². The maximum Gasteiger partial charge on any atom is 0.302 e. The Morgan fingerprint density at radius 3 is 2.38 bits per heavy atom. The predicted molar refractivity (Wildman–Crippen MR) is 88.3 cm³/mol. The van der Waals surface area contributed by atoms with Crippen molar-refractivity contribution < 1.29 is 17.1 Å². The number of anilines is 1. The fourth-order valence-electron chi connectivity index (χ4n) is 4.44. The van der Waals surface area contributed by atoms with Crippen molar-refractivity contribution in [3.8, 4) is 0 Å². The Hall–Kier alpha value is -1.50. The number of pyridine rings is 1. The molecule has 1 aromatic rings. The number of carbonyl (C=O) groups excluding carboxylic acids is 1. The monoisotopic (exact) mass is 352 g/mol. The van der Waals surface area contributed by atoms with Crippen molar-refractivity contribution in [3.05, 3.63) is 22.5 Å². The minimum Gasteiger partial charge on any atom is -0.311 e. The first-order chi connectivity index (χ1) is 11.4. The highest BCUT2D eigenvalue weighted by Crippen LogP contribution is 2.40. The van der Waals surface area contributed by atoms with E-state index in [1.165, 1.54) is 5.56 Å². The Morgan fingerprint density at radius 1 is 1.04 bits per heavy atom. The maximum absolute atomic E-state index is 13.0. The van der Waals surface area contributed by atoms with E-state index in [0.717, 1.165) is 67.6 Å². The van der Waals surface area contributed by atoms with Gasteiger partial charge >= 0.3 is 10.2 Å². The molecule has 5 nitrogen and oxygen atoms in total. The van der Waals surface area contributed by atoms with E-state index in [1.807, 2.05) is 0 Å². The summed E-state index contributed by atoms with van der Waals surface area (Å²) < 4.78 is 34.9. The molecule has 1 aromatic heterocycles. The van der Waals surface area contributed by atoms with Crippen LogP contribution in [0, 0.1) is 5.92 Å². The van der Waals surface area contributed by atoms with Crippen molar-refractivity contribution in [3.63, 3.8) is 0 Å². The SMILES string of the molecule is O=C1CC(CS(=O)(=O)F)CN1c1c2c(nc3c1CCC3)CCCC2. The number of aromatic nitrogens is 1. The lowest BCUT2D eigenvalue weighted by Gasteiger charge is -2.27. The van der Waals surface area contributed by atoms with E-state index >= 15 is 0 Å². The lowest BCUT2D eigenvalue weighted by Crippen LogP contribution is -2.29. The summed E-state index contributed by atoms with van der Waals surface area (Å²) >= 11 is 0. The van der Waals surface area contributed by atoms with Crippen LogP contribution in [0.25, 0.3) is 0 Å². The van der Waals surface area contributed by atoms with E-state index in [-0.39, 0.29) is 12.3 Å². The van der Waals surface area contributed by atoms with Gasteiger partial charge in [0.05, 0.1) is 11.4 Å². The van der Waals surface area contributed by atoms with Gasteiger partial charge in [0.15, 0.2) is 0 Å². The zero-order valence-corrected chi connectivity index (χ0v) is 14.4. The van der Waals surface area contributed by atoms with E-state index < -0.39 is 21.9 Å². The van der Waals surface area contributed by atoms with Crippen LogP contribution < -0.4 is 4.90 Å². The normalized spacial score (nSPS) is 23.5. The van der Waals surface area contributed by atoms with Gasteiger partial charge in [-0.15, -0.1) is 3.89 Å². The van der Waals surface area contributed by atoms with Gasteiger partial charge in [-0.3, -0.25) is 9.78 Å². The summed E-state index contributed by atoms with van der Waals surface area (Å²) in [5, 5.41) is 0. The molecule has 0 saturated carbocycles. The van der Waals surface area contributed by atoms with Gasteiger partial charge in [-0.05, 0) is 56.1 Å². The molecule has 3 aliphatic rings. The summed E-state index contributed by atoms with van der Waals surface area (Å²) in [6.45, 7) is 0.297. The molecule has 1 aliphatic heterocycles. The lowest BCUT2D eigenvalue weighted by molar-refractivity contribution is -0.117. The molecule has 2 heterocycles. The first-order valence-corrected chi connectivity index (χ1v) is 10.2. The molecule has 0 spiro atoms. The lowest BCUT2D eigenvalue weighted by atomic mass is 9.91. The van der Waals surface area contributed by atoms with Gasteiger partial charge in [-0.1, -0.05) is 0 Å². The molecule has 4 rings (SSSR count). The summed E-state index contributed by atoms with van der Waals surface area (Å²) in [6, 6.07) is 0. The Kier molecular flexibility index (Phi) is 3.86. The molecule has 130 valence electrons. The number of amides is 1. The van der Waals surface area contributed by atoms with Crippen LogP contribution in [-0.4, -0.2) is 31.6 Å². The first-order valence-electron chi connectivity index (χ1n) is 8.68. The van der Waals surface area contributed by atoms with Crippen LogP contribution in [0.2, 0.25) is 0 Å². The third-order valence-corrected chi connectivity index (χ3v) is 6.25. The van der Waals surface area contributed by atoms with Gasteiger partial charge in [0.2, 0.25) is 5.91 Å². The molecule has 2 aliphatic carbocycles. The van der Waals surface area contributed by atoms with Crippen LogP contribution in [0.3, 0.4) is 0 Å². The number of hydrogen-bond acceptors (Lipinski definition) is 4. The molecule has 1 saturated heterocycles. The van der Waals surface area contributed by atoms with Crippen LogP contribution >= 0.6 is 0 Å². The number of hydrogen-bond donors (Lipinski definition) is 0. The summed E-state index contributed by atoms with van der Waals surface area (Å²) in [4.78, 5) is 19.1. The highest BCUT2D eigenvalue weighted by molar-refractivity contribution is 7.86. The second kappa shape index (κ2) is 5.79. The van der Waals surface area contributed by atoms with Crippen LogP contribution in [0.4, 0.5) is 9.57 Å². The van der Waals surface area contributed by atoms with Crippen LogP contribution in [0.1, 0.15) is 48.2 Å². The number of fused-ring (bicyclic) bond motifs is 2. The van der Waals surface area contributed by atoms with Crippen molar-refractivity contribution in [1.29, 1.82) is 0 Å². The van der Waals surface area contributed by atoms with Crippen LogP contribution in [0.15, 0.2) is 0 Å². The summed E-state index contributed by atoms with van der Waals surface area (Å²) in [6.07, 6.45) is 7.08. The van der Waals surface area contributed by atoms with Gasteiger partial charge in [0, 0.05) is 30.3 Å². The van der Waals surface area contributed by atoms with Crippen LogP contribution in [0.5, 0.6) is 0 Å². The summed E-state index contributed by atoms with van der Waals surface area (Å²) in [5.74, 6) is -1.11. The topological polar surface area (TPSA) is 67.3 Å². The number of carbonyl (C=O) groups is 1. The quantitative estimate of drug-likeness (QED) is 0.782. The minimum absolute atomic E-state index is 0.0864. The molecular formula is C17H21FN2O3S. The Morgan fingerprint density at radius 2 is 1.67 bits per heavy atom. The molecule has 0 bridgehead atoms. The molecule has 24 heavy (non-hydrogen) atoms. The van der Waals surface area contributed by atoms with Gasteiger partial charge < -0.3 is 4.90 Å². The third-order valence-electron chi connectivity index (χ3n) is 5.38. The van der Waals surface area contributed by atoms with Crippen molar-refractivity contribution in [2.24, 2.45) is 5.92 Å². The number of halogens is 1. The molecular weight excluding hydrogens is 331 g/mol. The van der Waals surface area contributed by atoms with Gasteiger partial charge in [0.25, 0.3) is 0 Å². The Bertz CT molecular complexity index is 807. The molecule has 1 atom stereocenters. The first kappa shape index (κ1) is 16.0. The molecule has 0 N–H and O–H groups in total. The van der Waals surface area contributed by atoms with E-state index in [9.17, 15) is 17.1 Å². The third kappa shape index (κ3) is 2.83. The van der Waals surface area contributed by atoms with Gasteiger partial charge in [-0.25, -0.2) is 0 Å². The second-order valence-electron chi connectivity index (χ2n) is 7.15. The highest BCUT2D eigenvalue weighted by atomic mass is 32.3. The second-order valence-corrected chi connectivity index (χ2v) is 8.56. The van der Waals surface area contributed by atoms with Crippen molar-refractivity contribution >= 4 is 21.8 Å². The smallest absolute Gasteiger partial charge is 0.302 e. The van der Waals surface area contributed by atoms with E-state index in [4.69, 9.17) is 4.98 Å². The summed E-state index contributed by atoms with van der Waals surface area (Å²) in [5.41, 5.74) is 5.51. The number of aryl methyl sites for hydroxylation is 2. The average Bonchev–Trinajstić information content (AvgIpc) is 3.09. The standard InChI is InChI=1S/C17H21FN2O3S/c18-24(22,23)10-11-8-16(21)20(9-11)17-12-4-1-2-6-14(12)19-15-7-3-5-13(15)17/h11H,1-10H2. The van der Waals surface area contributed by atoms with Crippen molar-refractivity contribution in [1.82, 2.24) is 4.98 Å². The number of nitrogens with zero attached hydrogens (tertiary/aromatic N) is 2. The zero-order valence-electron chi connectivity index (χ0n) is 13.6. The fourth-order valence-corrected chi connectivity index (χ4v) is 5.22. The highest BCUT2D eigenvalue weighted by Gasteiger charge is 2.37. The Labute approximate surface area is 141 Å². The minimum atomic E-state index is -4.56. The van der Waals surface area contributed by atoms with E-state index in [0.29, 0.717) is 6.54 Å². The largest absolute Gasteiger partial charge is 0.311 e. The van der Waals surface area contributed by atoms with E-state index in [2.05, 4.69) is 0 Å². The van der Waals surface area contributed by atoms with Crippen LogP contribution in [-0.2, 0) is 40.7 Å². The van der Waals surface area contributed by atoms with Gasteiger partial charge in [0.1, 0.15) is 0 Å². The molecule has 1 fully saturated rings. The van der Waals surface area contributed by atoms with Gasteiger partial charge in [-0.2, -0.15) is 8.42 Å². The molecule has 0 aromatic carbocycles. The Balaban J connectivity index is 1.74. The van der Waals surface area contributed by atoms with E-state index in [1.54, 1.807) is 4.90 Å². The fraction of sp³-hybridized carbons (Fsp3) is 0.647. The maximum atomic E-state index is 13.0. The zero-order chi connectivity index (χ0) is 16.9. The molecule has 1 unspecified atom stereocenters. The molecule has 1 amide bonds. The molecule has 7 heteroatoms. The van der Waals surface area contributed by atoms with Crippen molar-refractivity contribution in [2.75, 3.05) is 17.2 Å². The predicted octanol–water partition coefficient (Wildman–Crippen LogP) is 2.10. The molecule has 0 radical (unpaired) electrons. The summed E-state index contributed by atoms with van der Waals surface area (Å²) in [7, 11) is -4.56. The number of rotatable bonds is 3. The average molecular weight is 352 g/mol.